The molecule has 0 radical (unpaired) electrons. The number of likely N-dealkylation sites (tertiary alicyclic amines) is 1. The first kappa shape index (κ1) is 19.5. The van der Waals surface area contributed by atoms with Gasteiger partial charge in [-0.2, -0.15) is 0 Å². The first-order valence-corrected chi connectivity index (χ1v) is 9.46. The molecule has 1 fully saturated rings. The van der Waals surface area contributed by atoms with Crippen LogP contribution < -0.4 is 14.8 Å². The number of benzene rings is 2. The SMILES string of the molecule is COc1ccc(C2CCCN2CC(=O)NCc2ccccc2Cl)c(OC)c1. The molecule has 27 heavy (non-hydrogen) atoms. The summed E-state index contributed by atoms with van der Waals surface area (Å²) in [6.07, 6.45) is 2.05. The second-order valence-corrected chi connectivity index (χ2v) is 7.01. The third kappa shape index (κ3) is 4.73. The van der Waals surface area contributed by atoms with Crippen LogP contribution in [0.25, 0.3) is 0 Å². The van der Waals surface area contributed by atoms with Gasteiger partial charge in [-0.25, -0.2) is 0 Å². The summed E-state index contributed by atoms with van der Waals surface area (Å²) < 4.78 is 10.8. The summed E-state index contributed by atoms with van der Waals surface area (Å²) in [6, 6.07) is 13.6. The van der Waals surface area contributed by atoms with Gasteiger partial charge in [-0.3, -0.25) is 9.69 Å². The maximum Gasteiger partial charge on any atom is 0.234 e. The second kappa shape index (κ2) is 9.11. The van der Waals surface area contributed by atoms with Crippen LogP contribution in [0, 0.1) is 0 Å². The minimum absolute atomic E-state index is 0.00528. The van der Waals surface area contributed by atoms with E-state index >= 15 is 0 Å². The van der Waals surface area contributed by atoms with E-state index in [-0.39, 0.29) is 11.9 Å². The summed E-state index contributed by atoms with van der Waals surface area (Å²) >= 11 is 6.15. The number of rotatable bonds is 7. The highest BCUT2D eigenvalue weighted by molar-refractivity contribution is 6.31. The number of carbonyl (C=O) groups excluding carboxylic acids is 1. The lowest BCUT2D eigenvalue weighted by molar-refractivity contribution is -0.122. The third-order valence-corrected chi connectivity index (χ3v) is 5.31. The minimum Gasteiger partial charge on any atom is -0.497 e. The van der Waals surface area contributed by atoms with E-state index in [0.29, 0.717) is 18.1 Å². The summed E-state index contributed by atoms with van der Waals surface area (Å²) in [5.41, 5.74) is 2.01. The Morgan fingerprint density at radius 3 is 2.78 bits per heavy atom. The molecule has 0 aromatic heterocycles. The minimum atomic E-state index is -0.00528. The zero-order chi connectivity index (χ0) is 19.2. The van der Waals surface area contributed by atoms with Crippen molar-refractivity contribution in [2.45, 2.75) is 25.4 Å². The Balaban J connectivity index is 1.64. The van der Waals surface area contributed by atoms with Gasteiger partial charge in [0.05, 0.1) is 20.8 Å². The molecule has 0 spiro atoms. The molecule has 0 bridgehead atoms. The lowest BCUT2D eigenvalue weighted by Crippen LogP contribution is -2.36. The molecule has 144 valence electrons. The smallest absolute Gasteiger partial charge is 0.234 e. The first-order valence-electron chi connectivity index (χ1n) is 9.08. The highest BCUT2D eigenvalue weighted by atomic mass is 35.5. The number of nitrogens with zero attached hydrogens (tertiary/aromatic N) is 1. The quantitative estimate of drug-likeness (QED) is 0.783. The Kier molecular flexibility index (Phi) is 6.58. The fourth-order valence-electron chi connectivity index (χ4n) is 3.54. The zero-order valence-corrected chi connectivity index (χ0v) is 16.5. The highest BCUT2D eigenvalue weighted by Gasteiger charge is 2.29. The van der Waals surface area contributed by atoms with Crippen molar-refractivity contribution in [3.05, 3.63) is 58.6 Å². The molecule has 3 rings (SSSR count). The summed E-state index contributed by atoms with van der Waals surface area (Å²) in [7, 11) is 3.30. The molecular weight excluding hydrogens is 364 g/mol. The fraction of sp³-hybridized carbons (Fsp3) is 0.381. The summed E-state index contributed by atoms with van der Waals surface area (Å²) in [6.45, 7) is 1.67. The van der Waals surface area contributed by atoms with Crippen molar-refractivity contribution in [1.82, 2.24) is 10.2 Å². The van der Waals surface area contributed by atoms with Crippen molar-refractivity contribution < 1.29 is 14.3 Å². The highest BCUT2D eigenvalue weighted by Crippen LogP contribution is 2.38. The van der Waals surface area contributed by atoms with Crippen LogP contribution in [0.1, 0.15) is 30.0 Å². The van der Waals surface area contributed by atoms with Gasteiger partial charge < -0.3 is 14.8 Å². The molecule has 1 saturated heterocycles. The molecule has 6 heteroatoms. The number of hydrogen-bond donors (Lipinski definition) is 1. The predicted octanol–water partition coefficient (Wildman–Crippen LogP) is 3.81. The van der Waals surface area contributed by atoms with Gasteiger partial charge in [-0.05, 0) is 37.1 Å². The van der Waals surface area contributed by atoms with Crippen LogP contribution in [-0.2, 0) is 11.3 Å². The molecule has 1 atom stereocenters. The van der Waals surface area contributed by atoms with Crippen LogP contribution >= 0.6 is 11.6 Å². The number of hydrogen-bond acceptors (Lipinski definition) is 4. The standard InChI is InChI=1S/C21H25ClN2O3/c1-26-16-9-10-17(20(12-16)27-2)19-8-5-11-24(19)14-21(25)23-13-15-6-3-4-7-18(15)22/h3-4,6-7,9-10,12,19H,5,8,11,13-14H2,1-2H3,(H,23,25). The van der Waals surface area contributed by atoms with Crippen molar-refractivity contribution in [3.63, 3.8) is 0 Å². The van der Waals surface area contributed by atoms with Gasteiger partial charge in [0.2, 0.25) is 5.91 Å². The van der Waals surface area contributed by atoms with E-state index in [4.69, 9.17) is 21.1 Å². The van der Waals surface area contributed by atoms with E-state index in [1.807, 2.05) is 42.5 Å². The van der Waals surface area contributed by atoms with Crippen LogP contribution in [-0.4, -0.2) is 38.1 Å². The maximum absolute atomic E-state index is 12.5. The maximum atomic E-state index is 12.5. The van der Waals surface area contributed by atoms with E-state index in [2.05, 4.69) is 10.2 Å². The molecule has 1 unspecified atom stereocenters. The van der Waals surface area contributed by atoms with E-state index < -0.39 is 0 Å². The normalized spacial score (nSPS) is 16.9. The molecule has 2 aromatic rings. The van der Waals surface area contributed by atoms with E-state index in [1.54, 1.807) is 14.2 Å². The Labute approximate surface area is 165 Å². The van der Waals surface area contributed by atoms with Gasteiger partial charge >= 0.3 is 0 Å². The molecule has 0 aliphatic carbocycles. The topological polar surface area (TPSA) is 50.8 Å². The average Bonchev–Trinajstić information content (AvgIpc) is 3.14. The lowest BCUT2D eigenvalue weighted by atomic mass is 10.0. The van der Waals surface area contributed by atoms with Crippen molar-refractivity contribution in [2.75, 3.05) is 27.3 Å². The lowest BCUT2D eigenvalue weighted by Gasteiger charge is -2.26. The van der Waals surface area contributed by atoms with Crippen LogP contribution in [0.4, 0.5) is 0 Å². The first-order chi connectivity index (χ1) is 13.1. The number of methoxy groups -OCH3 is 2. The molecule has 1 heterocycles. The molecule has 1 aliphatic rings. The van der Waals surface area contributed by atoms with Crippen molar-refractivity contribution >= 4 is 17.5 Å². The Morgan fingerprint density at radius 1 is 1.22 bits per heavy atom. The van der Waals surface area contributed by atoms with E-state index in [0.717, 1.165) is 42.0 Å². The molecule has 1 N–H and O–H groups in total. The Bertz CT molecular complexity index is 797. The van der Waals surface area contributed by atoms with Crippen molar-refractivity contribution in [3.8, 4) is 11.5 Å². The molecule has 1 aliphatic heterocycles. The number of carbonyl (C=O) groups is 1. The molecule has 0 saturated carbocycles. The number of halogens is 1. The molecule has 2 aromatic carbocycles. The average molecular weight is 389 g/mol. The summed E-state index contributed by atoms with van der Waals surface area (Å²) in [5, 5.41) is 3.64. The fourth-order valence-corrected chi connectivity index (χ4v) is 3.74. The largest absolute Gasteiger partial charge is 0.497 e. The Hall–Kier alpha value is -2.24. The summed E-state index contributed by atoms with van der Waals surface area (Å²) in [5.74, 6) is 1.55. The van der Waals surface area contributed by atoms with Crippen molar-refractivity contribution in [2.24, 2.45) is 0 Å². The van der Waals surface area contributed by atoms with Gasteiger partial charge in [0.1, 0.15) is 11.5 Å². The van der Waals surface area contributed by atoms with Gasteiger partial charge in [0.15, 0.2) is 0 Å². The summed E-state index contributed by atoms with van der Waals surface area (Å²) in [4.78, 5) is 14.7. The van der Waals surface area contributed by atoms with E-state index in [9.17, 15) is 4.79 Å². The van der Waals surface area contributed by atoms with Gasteiger partial charge in [-0.1, -0.05) is 35.9 Å². The van der Waals surface area contributed by atoms with Crippen molar-refractivity contribution in [1.29, 1.82) is 0 Å². The van der Waals surface area contributed by atoms with Crippen LogP contribution in [0.3, 0.4) is 0 Å². The zero-order valence-electron chi connectivity index (χ0n) is 15.7. The van der Waals surface area contributed by atoms with Gasteiger partial charge in [0.25, 0.3) is 0 Å². The van der Waals surface area contributed by atoms with Crippen LogP contribution in [0.15, 0.2) is 42.5 Å². The van der Waals surface area contributed by atoms with E-state index in [1.165, 1.54) is 0 Å². The molecule has 5 nitrogen and oxygen atoms in total. The molecular formula is C21H25ClN2O3. The number of amides is 1. The predicted molar refractivity (Wildman–Crippen MR) is 106 cm³/mol. The van der Waals surface area contributed by atoms with Crippen LogP contribution in [0.2, 0.25) is 5.02 Å². The third-order valence-electron chi connectivity index (χ3n) is 4.94. The van der Waals surface area contributed by atoms with Gasteiger partial charge in [0, 0.05) is 29.2 Å². The Morgan fingerprint density at radius 2 is 2.04 bits per heavy atom. The molecule has 1 amide bonds. The number of nitrogens with one attached hydrogen (secondary N) is 1. The monoisotopic (exact) mass is 388 g/mol. The number of ether oxygens (including phenoxy) is 2. The van der Waals surface area contributed by atoms with Crippen LogP contribution in [0.5, 0.6) is 11.5 Å². The second-order valence-electron chi connectivity index (χ2n) is 6.60. The van der Waals surface area contributed by atoms with Gasteiger partial charge in [-0.15, -0.1) is 0 Å².